The minimum atomic E-state index is -0.162. The summed E-state index contributed by atoms with van der Waals surface area (Å²) in [7, 11) is 0. The van der Waals surface area contributed by atoms with Crippen LogP contribution in [-0.4, -0.2) is 24.5 Å². The number of hydrogen-bond acceptors (Lipinski definition) is 3. The minimum absolute atomic E-state index is 0.0341. The van der Waals surface area contributed by atoms with Gasteiger partial charge in [-0.05, 0) is 93.1 Å². The Morgan fingerprint density at radius 3 is 2.43 bits per heavy atom. The summed E-state index contributed by atoms with van der Waals surface area (Å²) in [6.45, 7) is 6.62. The molecule has 3 aliphatic carbocycles. The van der Waals surface area contributed by atoms with Crippen molar-refractivity contribution >= 4 is 11.9 Å². The van der Waals surface area contributed by atoms with Crippen molar-refractivity contribution in [2.24, 2.45) is 29.6 Å². The van der Waals surface area contributed by atoms with Crippen LogP contribution in [0.15, 0.2) is 42.5 Å². The molecule has 0 spiro atoms. The summed E-state index contributed by atoms with van der Waals surface area (Å²) >= 11 is 0. The Morgan fingerprint density at radius 1 is 1.00 bits per heavy atom. The van der Waals surface area contributed by atoms with Crippen molar-refractivity contribution in [2.75, 3.05) is 6.54 Å². The van der Waals surface area contributed by atoms with Crippen molar-refractivity contribution in [2.45, 2.75) is 64.4 Å². The predicted molar refractivity (Wildman–Crippen MR) is 118 cm³/mol. The molecule has 1 N–H and O–H groups in total. The van der Waals surface area contributed by atoms with Crippen LogP contribution >= 0.6 is 0 Å². The summed E-state index contributed by atoms with van der Waals surface area (Å²) < 4.78 is 5.46. The molecular weight excluding hydrogens is 374 g/mol. The first-order valence-electron chi connectivity index (χ1n) is 11.7. The zero-order valence-electron chi connectivity index (χ0n) is 18.1. The van der Waals surface area contributed by atoms with Crippen LogP contribution in [0, 0.1) is 29.6 Å². The molecular formula is C26H35NO3. The number of amides is 1. The molecule has 0 heterocycles. The molecule has 4 heteroatoms. The lowest BCUT2D eigenvalue weighted by Crippen LogP contribution is -2.44. The maximum absolute atomic E-state index is 12.7. The molecule has 0 radical (unpaired) electrons. The Bertz CT molecular complexity index is 766. The summed E-state index contributed by atoms with van der Waals surface area (Å²) in [5, 5.41) is 3.26. The van der Waals surface area contributed by atoms with Gasteiger partial charge in [0.2, 0.25) is 0 Å². The minimum Gasteiger partial charge on any atom is -0.463 e. The van der Waals surface area contributed by atoms with Crippen LogP contribution in [0.4, 0.5) is 0 Å². The van der Waals surface area contributed by atoms with Gasteiger partial charge < -0.3 is 10.1 Å². The zero-order valence-corrected chi connectivity index (χ0v) is 18.1. The number of fused-ring (bicyclic) bond motifs is 1. The van der Waals surface area contributed by atoms with Crippen molar-refractivity contribution in [1.29, 1.82) is 0 Å². The third-order valence-corrected chi connectivity index (χ3v) is 7.94. The van der Waals surface area contributed by atoms with Gasteiger partial charge in [0.05, 0.1) is 0 Å². The Morgan fingerprint density at radius 2 is 1.73 bits per heavy atom. The molecule has 4 atom stereocenters. The van der Waals surface area contributed by atoms with Gasteiger partial charge in [-0.25, -0.2) is 0 Å². The van der Waals surface area contributed by atoms with Gasteiger partial charge in [0.25, 0.3) is 5.91 Å². The fourth-order valence-corrected chi connectivity index (χ4v) is 6.54. The lowest BCUT2D eigenvalue weighted by molar-refractivity contribution is -0.148. The lowest BCUT2D eigenvalue weighted by Gasteiger charge is -2.45. The molecule has 4 rings (SSSR count). The van der Waals surface area contributed by atoms with E-state index in [4.69, 9.17) is 4.74 Å². The summed E-state index contributed by atoms with van der Waals surface area (Å²) in [5.74, 6) is 3.00. The molecule has 0 saturated heterocycles. The molecule has 1 aromatic rings. The summed E-state index contributed by atoms with van der Waals surface area (Å²) in [5.41, 5.74) is 2.16. The predicted octanol–water partition coefficient (Wildman–Crippen LogP) is 5.15. The Kier molecular flexibility index (Phi) is 6.60. The Labute approximate surface area is 180 Å². The SMILES string of the molecule is C=C1CCC2C1CCC(C1CCC(OC(C)=O)CC1)[C@H]2CNC(=O)c1ccccc1. The van der Waals surface area contributed by atoms with E-state index in [1.54, 1.807) is 0 Å². The molecule has 3 saturated carbocycles. The van der Waals surface area contributed by atoms with Gasteiger partial charge >= 0.3 is 5.97 Å². The summed E-state index contributed by atoms with van der Waals surface area (Å²) in [6.07, 6.45) is 9.15. The number of benzene rings is 1. The Balaban J connectivity index is 1.43. The van der Waals surface area contributed by atoms with Crippen LogP contribution in [-0.2, 0) is 9.53 Å². The van der Waals surface area contributed by atoms with Crippen molar-refractivity contribution in [3.63, 3.8) is 0 Å². The van der Waals surface area contributed by atoms with Crippen LogP contribution in [0.25, 0.3) is 0 Å². The zero-order chi connectivity index (χ0) is 21.1. The molecule has 3 unspecified atom stereocenters. The first kappa shape index (κ1) is 21.1. The Hall–Kier alpha value is -2.10. The molecule has 0 aliphatic heterocycles. The van der Waals surface area contributed by atoms with E-state index in [-0.39, 0.29) is 18.0 Å². The molecule has 0 aromatic heterocycles. The molecule has 1 aromatic carbocycles. The lowest BCUT2D eigenvalue weighted by atomic mass is 9.61. The van der Waals surface area contributed by atoms with Gasteiger partial charge in [0.1, 0.15) is 6.10 Å². The standard InChI is InChI=1S/C26H35NO3/c1-17-8-13-24-22(17)14-15-23(19-9-11-21(12-10-19)30-18(2)28)25(24)16-27-26(29)20-6-4-3-5-7-20/h3-7,19,21-25H,1,8-16H2,2H3,(H,27,29)/t19?,21?,22?,23?,24?,25-/m1/s1. The van der Waals surface area contributed by atoms with Crippen LogP contribution in [0.2, 0.25) is 0 Å². The fourth-order valence-electron chi connectivity index (χ4n) is 6.54. The van der Waals surface area contributed by atoms with Gasteiger partial charge in [-0.15, -0.1) is 0 Å². The molecule has 3 aliphatic rings. The molecule has 4 nitrogen and oxygen atoms in total. The van der Waals surface area contributed by atoms with Crippen LogP contribution in [0.3, 0.4) is 0 Å². The molecule has 3 fully saturated rings. The van der Waals surface area contributed by atoms with Crippen molar-refractivity contribution in [3.8, 4) is 0 Å². The summed E-state index contributed by atoms with van der Waals surface area (Å²) in [4.78, 5) is 24.0. The van der Waals surface area contributed by atoms with Gasteiger partial charge in [-0.3, -0.25) is 9.59 Å². The smallest absolute Gasteiger partial charge is 0.302 e. The van der Waals surface area contributed by atoms with Crippen LogP contribution < -0.4 is 5.32 Å². The molecule has 0 bridgehead atoms. The van der Waals surface area contributed by atoms with Gasteiger partial charge in [0.15, 0.2) is 0 Å². The number of rotatable bonds is 5. The quantitative estimate of drug-likeness (QED) is 0.541. The van der Waals surface area contributed by atoms with Gasteiger partial charge in [-0.1, -0.05) is 30.4 Å². The van der Waals surface area contributed by atoms with E-state index in [0.29, 0.717) is 29.6 Å². The highest BCUT2D eigenvalue weighted by Crippen LogP contribution is 2.53. The number of carbonyl (C=O) groups excluding carboxylic acids is 2. The molecule has 30 heavy (non-hydrogen) atoms. The second-order valence-electron chi connectivity index (χ2n) is 9.59. The number of carbonyl (C=O) groups is 2. The number of nitrogens with one attached hydrogen (secondary N) is 1. The van der Waals surface area contributed by atoms with Crippen LogP contribution in [0.1, 0.15) is 68.6 Å². The van der Waals surface area contributed by atoms with E-state index in [0.717, 1.165) is 44.2 Å². The number of ether oxygens (including phenoxy) is 1. The maximum atomic E-state index is 12.7. The van der Waals surface area contributed by atoms with E-state index in [2.05, 4.69) is 11.9 Å². The normalized spacial score (nSPS) is 33.6. The van der Waals surface area contributed by atoms with Gasteiger partial charge in [0, 0.05) is 19.0 Å². The second-order valence-corrected chi connectivity index (χ2v) is 9.59. The number of hydrogen-bond donors (Lipinski definition) is 1. The third-order valence-electron chi connectivity index (χ3n) is 7.94. The summed E-state index contributed by atoms with van der Waals surface area (Å²) in [6, 6.07) is 9.52. The van der Waals surface area contributed by atoms with E-state index < -0.39 is 0 Å². The number of allylic oxidation sites excluding steroid dienone is 1. The van der Waals surface area contributed by atoms with Crippen molar-refractivity contribution < 1.29 is 14.3 Å². The third kappa shape index (κ3) is 4.63. The topological polar surface area (TPSA) is 55.4 Å². The first-order chi connectivity index (χ1) is 14.5. The highest BCUT2D eigenvalue weighted by Gasteiger charge is 2.46. The average molecular weight is 410 g/mol. The van der Waals surface area contributed by atoms with Crippen LogP contribution in [0.5, 0.6) is 0 Å². The highest BCUT2D eigenvalue weighted by atomic mass is 16.5. The van der Waals surface area contributed by atoms with E-state index >= 15 is 0 Å². The average Bonchev–Trinajstić information content (AvgIpc) is 3.13. The van der Waals surface area contributed by atoms with E-state index in [1.807, 2.05) is 30.3 Å². The highest BCUT2D eigenvalue weighted by molar-refractivity contribution is 5.94. The molecule has 162 valence electrons. The van der Waals surface area contributed by atoms with E-state index in [1.165, 1.54) is 31.8 Å². The fraction of sp³-hybridized carbons (Fsp3) is 0.615. The van der Waals surface area contributed by atoms with Gasteiger partial charge in [-0.2, -0.15) is 0 Å². The molecule has 1 amide bonds. The maximum Gasteiger partial charge on any atom is 0.302 e. The number of esters is 1. The van der Waals surface area contributed by atoms with E-state index in [9.17, 15) is 9.59 Å². The monoisotopic (exact) mass is 409 g/mol. The van der Waals surface area contributed by atoms with Crippen molar-refractivity contribution in [1.82, 2.24) is 5.32 Å². The largest absolute Gasteiger partial charge is 0.463 e. The first-order valence-corrected chi connectivity index (χ1v) is 11.7. The second kappa shape index (κ2) is 9.36. The van der Waals surface area contributed by atoms with Crippen molar-refractivity contribution in [3.05, 3.63) is 48.0 Å².